The van der Waals surface area contributed by atoms with Gasteiger partial charge in [0, 0.05) is 12.4 Å². The Morgan fingerprint density at radius 1 is 1.44 bits per heavy atom. The fraction of sp³-hybridized carbons (Fsp3) is 0.462. The van der Waals surface area contributed by atoms with Crippen LogP contribution in [0.1, 0.15) is 0 Å². The molecule has 1 unspecified atom stereocenters. The van der Waals surface area contributed by atoms with Gasteiger partial charge in [-0.15, -0.1) is 11.6 Å². The number of hydrogen-bond acceptors (Lipinski definition) is 3. The molecule has 1 aliphatic heterocycles. The molecular weight excluding hydrogens is 254 g/mol. The Morgan fingerprint density at radius 3 is 2.94 bits per heavy atom. The van der Waals surface area contributed by atoms with Crippen LogP contribution in [-0.2, 0) is 9.53 Å². The van der Waals surface area contributed by atoms with Crippen LogP contribution in [0.2, 0.25) is 0 Å². The number of rotatable bonds is 4. The number of benzene rings is 1. The third kappa shape index (κ3) is 3.37. The summed E-state index contributed by atoms with van der Waals surface area (Å²) < 4.78 is 10.7. The fourth-order valence-corrected chi connectivity index (χ4v) is 2.11. The third-order valence-electron chi connectivity index (χ3n) is 2.83. The maximum Gasteiger partial charge on any atom is 0.260 e. The molecule has 1 atom stereocenters. The van der Waals surface area contributed by atoms with Gasteiger partial charge in [0.15, 0.2) is 6.61 Å². The SMILES string of the molecule is O=C(COc1ccccc1)N1CCOCC1CCl. The Hall–Kier alpha value is -1.26. The van der Waals surface area contributed by atoms with E-state index < -0.39 is 0 Å². The molecule has 1 aromatic rings. The van der Waals surface area contributed by atoms with E-state index in [1.165, 1.54) is 0 Å². The van der Waals surface area contributed by atoms with E-state index in [4.69, 9.17) is 21.1 Å². The number of ether oxygens (including phenoxy) is 2. The largest absolute Gasteiger partial charge is 0.484 e. The molecule has 1 aromatic carbocycles. The number of carbonyl (C=O) groups excluding carboxylic acids is 1. The highest BCUT2D eigenvalue weighted by Crippen LogP contribution is 2.11. The predicted molar refractivity (Wildman–Crippen MR) is 69.0 cm³/mol. The Morgan fingerprint density at radius 2 is 2.22 bits per heavy atom. The lowest BCUT2D eigenvalue weighted by Gasteiger charge is -2.34. The smallest absolute Gasteiger partial charge is 0.260 e. The molecule has 0 spiro atoms. The number of carbonyl (C=O) groups is 1. The molecule has 5 heteroatoms. The van der Waals surface area contributed by atoms with E-state index in [1.807, 2.05) is 30.3 Å². The molecule has 0 aromatic heterocycles. The quantitative estimate of drug-likeness (QED) is 0.778. The summed E-state index contributed by atoms with van der Waals surface area (Å²) in [6, 6.07) is 9.25. The van der Waals surface area contributed by atoms with Gasteiger partial charge in [-0.25, -0.2) is 0 Å². The first-order valence-corrected chi connectivity index (χ1v) is 6.45. The standard InChI is InChI=1S/C13H16ClNO3/c14-8-11-9-17-7-6-15(11)13(16)10-18-12-4-2-1-3-5-12/h1-5,11H,6-10H2. The summed E-state index contributed by atoms with van der Waals surface area (Å²) in [6.07, 6.45) is 0. The van der Waals surface area contributed by atoms with Crippen molar-refractivity contribution in [3.05, 3.63) is 30.3 Å². The van der Waals surface area contributed by atoms with E-state index in [0.717, 1.165) is 0 Å². The lowest BCUT2D eigenvalue weighted by atomic mass is 10.2. The Bertz CT molecular complexity index is 385. The first-order chi connectivity index (χ1) is 8.81. The Labute approximate surface area is 111 Å². The second kappa shape index (κ2) is 6.61. The summed E-state index contributed by atoms with van der Waals surface area (Å²) in [5.74, 6) is 1.03. The van der Waals surface area contributed by atoms with E-state index >= 15 is 0 Å². The van der Waals surface area contributed by atoms with Gasteiger partial charge in [-0.2, -0.15) is 0 Å². The van der Waals surface area contributed by atoms with E-state index in [1.54, 1.807) is 4.90 Å². The van der Waals surface area contributed by atoms with Gasteiger partial charge in [0.2, 0.25) is 0 Å². The average molecular weight is 270 g/mol. The van der Waals surface area contributed by atoms with Crippen LogP contribution < -0.4 is 4.74 Å². The molecule has 98 valence electrons. The fourth-order valence-electron chi connectivity index (χ4n) is 1.86. The Balaban J connectivity index is 1.87. The van der Waals surface area contributed by atoms with Crippen molar-refractivity contribution in [2.75, 3.05) is 32.2 Å². The van der Waals surface area contributed by atoms with Crippen molar-refractivity contribution in [2.45, 2.75) is 6.04 Å². The van der Waals surface area contributed by atoms with Crippen molar-refractivity contribution in [1.29, 1.82) is 0 Å². The normalized spacial score (nSPS) is 19.6. The van der Waals surface area contributed by atoms with Gasteiger partial charge >= 0.3 is 0 Å². The average Bonchev–Trinajstić information content (AvgIpc) is 2.45. The topological polar surface area (TPSA) is 38.8 Å². The first-order valence-electron chi connectivity index (χ1n) is 5.92. The molecule has 1 fully saturated rings. The van der Waals surface area contributed by atoms with Crippen molar-refractivity contribution in [2.24, 2.45) is 0 Å². The van der Waals surface area contributed by atoms with Crippen LogP contribution in [0.5, 0.6) is 5.75 Å². The lowest BCUT2D eigenvalue weighted by Crippen LogP contribution is -2.51. The second-order valence-corrected chi connectivity index (χ2v) is 4.38. The first kappa shape index (κ1) is 13.2. The summed E-state index contributed by atoms with van der Waals surface area (Å²) in [5, 5.41) is 0. The number of alkyl halides is 1. The number of halogens is 1. The maximum atomic E-state index is 12.0. The molecule has 0 aliphatic carbocycles. The van der Waals surface area contributed by atoms with Crippen LogP contribution >= 0.6 is 11.6 Å². The molecule has 1 heterocycles. The minimum atomic E-state index is -0.0488. The van der Waals surface area contributed by atoms with Gasteiger partial charge in [-0.1, -0.05) is 18.2 Å². The minimum absolute atomic E-state index is 0.0391. The molecule has 18 heavy (non-hydrogen) atoms. The number of nitrogens with zero attached hydrogens (tertiary/aromatic N) is 1. The van der Waals surface area contributed by atoms with Crippen molar-refractivity contribution < 1.29 is 14.3 Å². The van der Waals surface area contributed by atoms with Gasteiger partial charge in [0.25, 0.3) is 5.91 Å². The lowest BCUT2D eigenvalue weighted by molar-refractivity contribution is -0.141. The summed E-state index contributed by atoms with van der Waals surface area (Å²) in [5.41, 5.74) is 0. The van der Waals surface area contributed by atoms with Crippen molar-refractivity contribution >= 4 is 17.5 Å². The Kier molecular flexibility index (Phi) is 4.84. The molecule has 1 aliphatic rings. The van der Waals surface area contributed by atoms with Crippen LogP contribution in [0.15, 0.2) is 30.3 Å². The summed E-state index contributed by atoms with van der Waals surface area (Å²) in [6.45, 7) is 1.68. The molecular formula is C13H16ClNO3. The van der Waals surface area contributed by atoms with Crippen molar-refractivity contribution in [1.82, 2.24) is 4.90 Å². The highest BCUT2D eigenvalue weighted by molar-refractivity contribution is 6.18. The van der Waals surface area contributed by atoms with Crippen LogP contribution in [0, 0.1) is 0 Å². The van der Waals surface area contributed by atoms with E-state index in [9.17, 15) is 4.79 Å². The van der Waals surface area contributed by atoms with Crippen LogP contribution in [0.4, 0.5) is 0 Å². The molecule has 0 saturated carbocycles. The molecule has 1 saturated heterocycles. The number of para-hydroxylation sites is 1. The van der Waals surface area contributed by atoms with E-state index in [2.05, 4.69) is 0 Å². The molecule has 0 bridgehead atoms. The zero-order valence-electron chi connectivity index (χ0n) is 10.0. The number of amides is 1. The summed E-state index contributed by atoms with van der Waals surface area (Å²) >= 11 is 5.82. The monoisotopic (exact) mass is 269 g/mol. The summed E-state index contributed by atoms with van der Waals surface area (Å²) in [4.78, 5) is 13.8. The van der Waals surface area contributed by atoms with Crippen LogP contribution in [0.3, 0.4) is 0 Å². The van der Waals surface area contributed by atoms with Gasteiger partial charge in [-0.3, -0.25) is 4.79 Å². The third-order valence-corrected chi connectivity index (χ3v) is 3.19. The van der Waals surface area contributed by atoms with Crippen LogP contribution in [-0.4, -0.2) is 49.1 Å². The predicted octanol–water partition coefficient (Wildman–Crippen LogP) is 1.53. The van der Waals surface area contributed by atoms with Crippen molar-refractivity contribution in [3.63, 3.8) is 0 Å². The number of hydrogen-bond donors (Lipinski definition) is 0. The molecule has 0 N–H and O–H groups in total. The molecule has 1 amide bonds. The zero-order valence-corrected chi connectivity index (χ0v) is 10.8. The van der Waals surface area contributed by atoms with E-state index in [-0.39, 0.29) is 18.6 Å². The maximum absolute atomic E-state index is 12.0. The van der Waals surface area contributed by atoms with Gasteiger partial charge in [0.1, 0.15) is 5.75 Å². The van der Waals surface area contributed by atoms with Gasteiger partial charge in [-0.05, 0) is 12.1 Å². The highest BCUT2D eigenvalue weighted by Gasteiger charge is 2.26. The molecule has 0 radical (unpaired) electrons. The van der Waals surface area contributed by atoms with Crippen LogP contribution in [0.25, 0.3) is 0 Å². The number of morpholine rings is 1. The molecule has 2 rings (SSSR count). The summed E-state index contributed by atoms with van der Waals surface area (Å²) in [7, 11) is 0. The van der Waals surface area contributed by atoms with Gasteiger partial charge < -0.3 is 14.4 Å². The zero-order chi connectivity index (χ0) is 12.8. The van der Waals surface area contributed by atoms with E-state index in [0.29, 0.717) is 31.4 Å². The minimum Gasteiger partial charge on any atom is -0.484 e. The second-order valence-electron chi connectivity index (χ2n) is 4.07. The molecule has 4 nitrogen and oxygen atoms in total. The highest BCUT2D eigenvalue weighted by atomic mass is 35.5. The van der Waals surface area contributed by atoms with Gasteiger partial charge in [0.05, 0.1) is 19.3 Å². The van der Waals surface area contributed by atoms with Crippen molar-refractivity contribution in [3.8, 4) is 5.75 Å².